The van der Waals surface area contributed by atoms with Crippen LogP contribution in [-0.2, 0) is 0 Å². The average molecular weight is 370 g/mol. The zero-order valence-corrected chi connectivity index (χ0v) is 14.9. The molecular formula is C22H14N2O4. The van der Waals surface area contributed by atoms with Gasteiger partial charge in [-0.15, -0.1) is 0 Å². The first kappa shape index (κ1) is 16.3. The minimum Gasteiger partial charge on any atom is -0.497 e. The quantitative estimate of drug-likeness (QED) is 0.459. The Bertz CT molecular complexity index is 1370. The predicted molar refractivity (Wildman–Crippen MR) is 105 cm³/mol. The number of ether oxygens (including phenoxy) is 1. The van der Waals surface area contributed by atoms with Gasteiger partial charge in [0.1, 0.15) is 11.3 Å². The van der Waals surface area contributed by atoms with E-state index in [0.717, 1.165) is 16.2 Å². The van der Waals surface area contributed by atoms with Crippen LogP contribution in [0.4, 0.5) is 0 Å². The van der Waals surface area contributed by atoms with Crippen LogP contribution in [0.15, 0.2) is 80.4 Å². The monoisotopic (exact) mass is 370 g/mol. The first-order chi connectivity index (χ1) is 13.7. The summed E-state index contributed by atoms with van der Waals surface area (Å²) in [5, 5.41) is 3.09. The van der Waals surface area contributed by atoms with Gasteiger partial charge in [-0.25, -0.2) is 4.79 Å². The lowest BCUT2D eigenvalue weighted by Crippen LogP contribution is -2.11. The summed E-state index contributed by atoms with van der Waals surface area (Å²) in [4.78, 5) is 19.8. The molecule has 2 heterocycles. The van der Waals surface area contributed by atoms with Gasteiger partial charge in [0.25, 0.3) is 5.89 Å². The topological polar surface area (TPSA) is 78.4 Å². The molecule has 0 unspecified atom stereocenters. The van der Waals surface area contributed by atoms with Crippen LogP contribution in [-0.4, -0.2) is 17.1 Å². The van der Waals surface area contributed by atoms with Crippen LogP contribution >= 0.6 is 0 Å². The fourth-order valence-electron chi connectivity index (χ4n) is 3.20. The van der Waals surface area contributed by atoms with Crippen molar-refractivity contribution in [2.75, 3.05) is 7.11 Å². The van der Waals surface area contributed by atoms with Gasteiger partial charge >= 0.3 is 5.69 Å². The molecule has 0 aliphatic heterocycles. The van der Waals surface area contributed by atoms with E-state index in [1.165, 1.54) is 0 Å². The first-order valence-electron chi connectivity index (χ1n) is 8.66. The maximum Gasteiger partial charge on any atom is 0.373 e. The minimum absolute atomic E-state index is 0.0890. The van der Waals surface area contributed by atoms with Gasteiger partial charge in [-0.2, -0.15) is 9.97 Å². The number of nitrogens with zero attached hydrogens (tertiary/aromatic N) is 2. The van der Waals surface area contributed by atoms with Crippen molar-refractivity contribution >= 4 is 21.7 Å². The smallest absolute Gasteiger partial charge is 0.373 e. The molecule has 0 atom stereocenters. The molecule has 0 saturated carbocycles. The first-order valence-corrected chi connectivity index (χ1v) is 8.66. The van der Waals surface area contributed by atoms with E-state index in [9.17, 15) is 4.79 Å². The highest BCUT2D eigenvalue weighted by molar-refractivity contribution is 6.06. The van der Waals surface area contributed by atoms with Gasteiger partial charge in [0.2, 0.25) is 5.89 Å². The second-order valence-electron chi connectivity index (χ2n) is 6.26. The summed E-state index contributed by atoms with van der Waals surface area (Å²) >= 11 is 0. The van der Waals surface area contributed by atoms with Crippen molar-refractivity contribution in [1.82, 2.24) is 9.97 Å². The van der Waals surface area contributed by atoms with Crippen LogP contribution in [0.5, 0.6) is 5.75 Å². The molecule has 0 aliphatic carbocycles. The summed E-state index contributed by atoms with van der Waals surface area (Å²) in [6, 6.07) is 20.8. The number of benzene rings is 3. The number of methoxy groups -OCH3 is 1. The number of furan rings is 1. The Balaban J connectivity index is 1.65. The van der Waals surface area contributed by atoms with Crippen LogP contribution in [0.3, 0.4) is 0 Å². The molecule has 5 rings (SSSR count). The van der Waals surface area contributed by atoms with Crippen molar-refractivity contribution in [2.24, 2.45) is 0 Å². The number of hydrogen-bond acceptors (Lipinski definition) is 6. The second kappa shape index (κ2) is 6.35. The van der Waals surface area contributed by atoms with E-state index in [4.69, 9.17) is 13.6 Å². The van der Waals surface area contributed by atoms with Crippen LogP contribution in [0.25, 0.3) is 44.8 Å². The van der Waals surface area contributed by atoms with E-state index < -0.39 is 5.69 Å². The summed E-state index contributed by atoms with van der Waals surface area (Å²) in [6.45, 7) is 0. The van der Waals surface area contributed by atoms with E-state index in [2.05, 4.69) is 9.97 Å². The van der Waals surface area contributed by atoms with Crippen LogP contribution in [0.2, 0.25) is 0 Å². The Labute approximate surface area is 159 Å². The highest BCUT2D eigenvalue weighted by Gasteiger charge is 2.15. The van der Waals surface area contributed by atoms with Crippen molar-refractivity contribution in [3.8, 4) is 28.9 Å². The molecule has 6 heteroatoms. The van der Waals surface area contributed by atoms with Gasteiger partial charge in [0.15, 0.2) is 5.76 Å². The molecule has 136 valence electrons. The number of fused-ring (bicyclic) bond motifs is 3. The zero-order valence-electron chi connectivity index (χ0n) is 14.9. The SMILES string of the molecule is COc1ccc(-c2nc(=O)nc(-c3cc4c(ccc5ccccc54)o3)o2)cc1. The number of rotatable bonds is 3. The fourth-order valence-corrected chi connectivity index (χ4v) is 3.20. The van der Waals surface area contributed by atoms with E-state index in [-0.39, 0.29) is 11.8 Å². The van der Waals surface area contributed by atoms with Gasteiger partial charge < -0.3 is 13.6 Å². The predicted octanol–water partition coefficient (Wildman–Crippen LogP) is 4.67. The van der Waals surface area contributed by atoms with Gasteiger partial charge in [-0.05, 0) is 47.2 Å². The third-order valence-corrected chi connectivity index (χ3v) is 4.56. The van der Waals surface area contributed by atoms with Crippen molar-refractivity contribution in [3.05, 3.63) is 77.2 Å². The maximum absolute atomic E-state index is 12.1. The van der Waals surface area contributed by atoms with Gasteiger partial charge in [0.05, 0.1) is 7.11 Å². The van der Waals surface area contributed by atoms with E-state index in [1.807, 2.05) is 42.5 Å². The van der Waals surface area contributed by atoms with Crippen molar-refractivity contribution in [2.45, 2.75) is 0 Å². The molecule has 0 spiro atoms. The highest BCUT2D eigenvalue weighted by atomic mass is 16.5. The lowest BCUT2D eigenvalue weighted by atomic mass is 10.1. The van der Waals surface area contributed by atoms with Crippen molar-refractivity contribution < 1.29 is 13.6 Å². The molecule has 0 aliphatic rings. The van der Waals surface area contributed by atoms with E-state index >= 15 is 0 Å². The van der Waals surface area contributed by atoms with Crippen LogP contribution in [0.1, 0.15) is 0 Å². The third kappa shape index (κ3) is 2.72. The molecular weight excluding hydrogens is 356 g/mol. The molecule has 3 aromatic carbocycles. The van der Waals surface area contributed by atoms with Crippen LogP contribution in [0, 0.1) is 0 Å². The van der Waals surface area contributed by atoms with Gasteiger partial charge in [-0.3, -0.25) is 0 Å². The fraction of sp³-hybridized carbons (Fsp3) is 0.0455. The van der Waals surface area contributed by atoms with Gasteiger partial charge in [0, 0.05) is 10.9 Å². The molecule has 0 bridgehead atoms. The summed E-state index contributed by atoms with van der Waals surface area (Å²) < 4.78 is 16.8. The van der Waals surface area contributed by atoms with Crippen molar-refractivity contribution in [3.63, 3.8) is 0 Å². The second-order valence-corrected chi connectivity index (χ2v) is 6.26. The number of hydrogen-bond donors (Lipinski definition) is 0. The largest absolute Gasteiger partial charge is 0.497 e. The minimum atomic E-state index is -0.641. The molecule has 28 heavy (non-hydrogen) atoms. The van der Waals surface area contributed by atoms with E-state index in [1.54, 1.807) is 31.4 Å². The maximum atomic E-state index is 12.1. The molecule has 5 aromatic rings. The Morgan fingerprint density at radius 1 is 0.821 bits per heavy atom. The summed E-state index contributed by atoms with van der Waals surface area (Å²) in [7, 11) is 1.59. The zero-order chi connectivity index (χ0) is 19.1. The normalized spacial score (nSPS) is 11.2. The Hall–Kier alpha value is -3.93. The van der Waals surface area contributed by atoms with Crippen molar-refractivity contribution in [1.29, 1.82) is 0 Å². The summed E-state index contributed by atoms with van der Waals surface area (Å²) in [5.41, 5.74) is 0.696. The lowest BCUT2D eigenvalue weighted by Gasteiger charge is -2.02. The molecule has 0 radical (unpaired) electrons. The highest BCUT2D eigenvalue weighted by Crippen LogP contribution is 2.32. The Morgan fingerprint density at radius 3 is 2.43 bits per heavy atom. The Kier molecular flexibility index (Phi) is 3.69. The third-order valence-electron chi connectivity index (χ3n) is 4.56. The molecule has 0 amide bonds. The molecule has 2 aromatic heterocycles. The molecule has 6 nitrogen and oxygen atoms in total. The number of aromatic nitrogens is 2. The average Bonchev–Trinajstić information content (AvgIpc) is 3.18. The van der Waals surface area contributed by atoms with Crippen LogP contribution < -0.4 is 10.4 Å². The summed E-state index contributed by atoms with van der Waals surface area (Å²) in [5.74, 6) is 1.33. The molecule has 0 saturated heterocycles. The van der Waals surface area contributed by atoms with Gasteiger partial charge in [-0.1, -0.05) is 30.3 Å². The lowest BCUT2D eigenvalue weighted by molar-refractivity contribution is 0.415. The summed E-state index contributed by atoms with van der Waals surface area (Å²) in [6.07, 6.45) is 0. The molecule has 0 N–H and O–H groups in total. The molecule has 0 fully saturated rings. The van der Waals surface area contributed by atoms with E-state index in [0.29, 0.717) is 22.7 Å². The standard InChI is InChI=1S/C22H14N2O4/c1-26-15-9-6-14(7-10-15)20-23-22(25)24-21(28-20)19-12-17-16-5-3-2-4-13(16)8-11-18(17)27-19/h2-12H,1H3. The Morgan fingerprint density at radius 2 is 1.61 bits per heavy atom.